The van der Waals surface area contributed by atoms with Crippen LogP contribution < -0.4 is 0 Å². The molecule has 1 aliphatic rings. The van der Waals surface area contributed by atoms with Gasteiger partial charge in [0.1, 0.15) is 0 Å². The summed E-state index contributed by atoms with van der Waals surface area (Å²) in [5.74, 6) is 0. The van der Waals surface area contributed by atoms with Crippen molar-refractivity contribution in [2.45, 2.75) is 37.0 Å². The van der Waals surface area contributed by atoms with Gasteiger partial charge in [0.2, 0.25) is 0 Å². The fourth-order valence-corrected chi connectivity index (χ4v) is 4.94. The number of hydrogen-bond acceptors (Lipinski definition) is 1. The third kappa shape index (κ3) is 3.82. The second-order valence-electron chi connectivity index (χ2n) is 7.17. The maximum Gasteiger partial charge on any atom is 0.0971 e. The maximum atomic E-state index is 3.97. The van der Waals surface area contributed by atoms with Gasteiger partial charge in [-0.05, 0) is 55.7 Å². The fourth-order valence-electron chi connectivity index (χ4n) is 3.85. The minimum atomic E-state index is 1.05. The van der Waals surface area contributed by atoms with Crippen molar-refractivity contribution in [2.75, 3.05) is 26.2 Å². The Kier molecular flexibility index (Phi) is 6.05. The zero-order valence-electron chi connectivity index (χ0n) is 16.3. The molecular formula is C24H30NS+. The van der Waals surface area contributed by atoms with E-state index in [0.717, 1.165) is 30.5 Å². The van der Waals surface area contributed by atoms with Crippen LogP contribution in [0.5, 0.6) is 0 Å². The van der Waals surface area contributed by atoms with Crippen molar-refractivity contribution in [1.82, 2.24) is 0 Å². The molecule has 0 aliphatic carbocycles. The molecule has 1 nitrogen and oxygen atoms in total. The molecule has 1 heterocycles. The van der Waals surface area contributed by atoms with Crippen LogP contribution in [0.15, 0.2) is 71.0 Å². The summed E-state index contributed by atoms with van der Waals surface area (Å²) in [4.78, 5) is 2.74. The minimum Gasteiger partial charge on any atom is -0.321 e. The van der Waals surface area contributed by atoms with Crippen molar-refractivity contribution in [1.29, 1.82) is 0 Å². The zero-order chi connectivity index (χ0) is 18.6. The molecule has 3 rings (SSSR count). The molecule has 0 saturated carbocycles. The van der Waals surface area contributed by atoms with E-state index in [1.54, 1.807) is 0 Å². The average molecular weight is 365 g/mol. The molecule has 0 spiro atoms. The topological polar surface area (TPSA) is 0 Å². The third-order valence-electron chi connectivity index (χ3n) is 5.63. The quantitative estimate of drug-likeness (QED) is 0.349. The monoisotopic (exact) mass is 364 g/mol. The van der Waals surface area contributed by atoms with Crippen LogP contribution in [0.25, 0.3) is 5.57 Å². The summed E-state index contributed by atoms with van der Waals surface area (Å²) in [7, 11) is 0. The minimum absolute atomic E-state index is 1.05. The molecule has 0 bridgehead atoms. The maximum absolute atomic E-state index is 3.97. The van der Waals surface area contributed by atoms with Crippen molar-refractivity contribution < 1.29 is 4.48 Å². The summed E-state index contributed by atoms with van der Waals surface area (Å²) in [6.45, 7) is 15.3. The number of hydrogen-bond donors (Lipinski definition) is 0. The summed E-state index contributed by atoms with van der Waals surface area (Å²) in [6, 6.07) is 15.6. The molecule has 0 atom stereocenters. The second-order valence-corrected chi connectivity index (χ2v) is 8.26. The van der Waals surface area contributed by atoms with Gasteiger partial charge in [-0.25, -0.2) is 0 Å². The van der Waals surface area contributed by atoms with Gasteiger partial charge in [-0.15, -0.1) is 0 Å². The van der Waals surface area contributed by atoms with E-state index in [2.05, 4.69) is 82.0 Å². The van der Waals surface area contributed by atoms with Crippen LogP contribution in [0.1, 0.15) is 37.0 Å². The Morgan fingerprint density at radius 1 is 1.00 bits per heavy atom. The molecule has 1 aliphatic heterocycles. The normalized spacial score (nSPS) is 14.8. The fraction of sp³-hybridized carbons (Fsp3) is 0.333. The summed E-state index contributed by atoms with van der Waals surface area (Å²) < 4.78 is 1.12. The highest BCUT2D eigenvalue weighted by molar-refractivity contribution is 7.99. The van der Waals surface area contributed by atoms with Crippen molar-refractivity contribution >= 4 is 17.3 Å². The Labute approximate surface area is 163 Å². The zero-order valence-corrected chi connectivity index (χ0v) is 17.1. The van der Waals surface area contributed by atoms with E-state index in [0.29, 0.717) is 0 Å². The van der Waals surface area contributed by atoms with Gasteiger partial charge in [0.05, 0.1) is 26.2 Å². The van der Waals surface area contributed by atoms with Crippen molar-refractivity contribution in [3.8, 4) is 0 Å². The summed E-state index contributed by atoms with van der Waals surface area (Å²) in [5.41, 5.74) is 5.50. The van der Waals surface area contributed by atoms with Gasteiger partial charge in [0.15, 0.2) is 0 Å². The third-order valence-corrected chi connectivity index (χ3v) is 6.78. The highest BCUT2D eigenvalue weighted by Crippen LogP contribution is 2.45. The molecule has 2 aromatic carbocycles. The standard InChI is InChI=1S/C24H30NS/c1-5-16-25(6-2,7-3)17-10-12-20-21-11-8-9-13-23(21)26-24-15-14-19(4)18-22(20)24/h5,8-9,11-15,18H,1,6-7,10,16-17H2,2-4H3/q+1. The van der Waals surface area contributed by atoms with Crippen LogP contribution in [0.4, 0.5) is 0 Å². The number of nitrogens with zero attached hydrogens (tertiary/aromatic N) is 1. The summed E-state index contributed by atoms with van der Waals surface area (Å²) >= 11 is 1.89. The number of aryl methyl sites for hydroxylation is 1. The van der Waals surface area contributed by atoms with Gasteiger partial charge in [0, 0.05) is 16.2 Å². The lowest BCUT2D eigenvalue weighted by Gasteiger charge is -2.35. The average Bonchev–Trinajstić information content (AvgIpc) is 2.67. The first-order valence-corrected chi connectivity index (χ1v) is 10.5. The number of benzene rings is 2. The van der Waals surface area contributed by atoms with Crippen LogP contribution in [-0.2, 0) is 0 Å². The predicted molar refractivity (Wildman–Crippen MR) is 115 cm³/mol. The molecule has 0 N–H and O–H groups in total. The van der Waals surface area contributed by atoms with E-state index in [1.165, 1.54) is 38.6 Å². The summed E-state index contributed by atoms with van der Waals surface area (Å²) in [6.07, 6.45) is 5.64. The van der Waals surface area contributed by atoms with Gasteiger partial charge >= 0.3 is 0 Å². The SMILES string of the molecule is C=CC[N+](CC)(CC)CCC=C1c2ccccc2Sc2ccc(C)cc21. The van der Waals surface area contributed by atoms with Gasteiger partial charge in [-0.2, -0.15) is 0 Å². The Morgan fingerprint density at radius 2 is 1.73 bits per heavy atom. The lowest BCUT2D eigenvalue weighted by Crippen LogP contribution is -2.48. The number of rotatable bonds is 7. The first-order valence-electron chi connectivity index (χ1n) is 9.67. The number of fused-ring (bicyclic) bond motifs is 2. The molecule has 0 saturated heterocycles. The molecule has 0 aromatic heterocycles. The van der Waals surface area contributed by atoms with E-state index in [9.17, 15) is 0 Å². The highest BCUT2D eigenvalue weighted by atomic mass is 32.2. The van der Waals surface area contributed by atoms with Gasteiger partial charge in [-0.1, -0.05) is 60.3 Å². The van der Waals surface area contributed by atoms with Gasteiger partial charge in [-0.3, -0.25) is 0 Å². The van der Waals surface area contributed by atoms with Crippen LogP contribution in [0, 0.1) is 6.92 Å². The van der Waals surface area contributed by atoms with Crippen LogP contribution in [0.3, 0.4) is 0 Å². The van der Waals surface area contributed by atoms with E-state index >= 15 is 0 Å². The summed E-state index contributed by atoms with van der Waals surface area (Å²) in [5, 5.41) is 0. The molecular weight excluding hydrogens is 334 g/mol. The number of quaternary nitrogens is 1. The molecule has 2 heteroatoms. The van der Waals surface area contributed by atoms with Gasteiger partial charge < -0.3 is 4.48 Å². The Morgan fingerprint density at radius 3 is 2.46 bits per heavy atom. The first-order chi connectivity index (χ1) is 12.6. The van der Waals surface area contributed by atoms with E-state index in [-0.39, 0.29) is 0 Å². The number of likely N-dealkylation sites (N-methyl/N-ethyl adjacent to an activating group) is 1. The molecule has 2 aromatic rings. The van der Waals surface area contributed by atoms with Crippen LogP contribution >= 0.6 is 11.8 Å². The van der Waals surface area contributed by atoms with E-state index in [4.69, 9.17) is 0 Å². The molecule has 0 amide bonds. The van der Waals surface area contributed by atoms with Crippen molar-refractivity contribution in [3.63, 3.8) is 0 Å². The predicted octanol–water partition coefficient (Wildman–Crippen LogP) is 6.32. The molecule has 0 unspecified atom stereocenters. The van der Waals surface area contributed by atoms with Gasteiger partial charge in [0.25, 0.3) is 0 Å². The lowest BCUT2D eigenvalue weighted by atomic mass is 9.95. The first kappa shape index (κ1) is 19.0. The Hall–Kier alpha value is -1.77. The van der Waals surface area contributed by atoms with Crippen molar-refractivity contribution in [2.24, 2.45) is 0 Å². The molecule has 0 radical (unpaired) electrons. The van der Waals surface area contributed by atoms with Crippen LogP contribution in [-0.4, -0.2) is 30.7 Å². The lowest BCUT2D eigenvalue weighted by molar-refractivity contribution is -0.919. The Bertz CT molecular complexity index is 815. The molecule has 0 fully saturated rings. The highest BCUT2D eigenvalue weighted by Gasteiger charge is 2.23. The Balaban J connectivity index is 1.95. The largest absolute Gasteiger partial charge is 0.321 e. The molecule has 136 valence electrons. The second kappa shape index (κ2) is 8.28. The molecule has 26 heavy (non-hydrogen) atoms. The van der Waals surface area contributed by atoms with E-state index < -0.39 is 0 Å². The van der Waals surface area contributed by atoms with Crippen molar-refractivity contribution in [3.05, 3.63) is 77.9 Å². The smallest absolute Gasteiger partial charge is 0.0971 e. The van der Waals surface area contributed by atoms with E-state index in [1.807, 2.05) is 11.8 Å². The van der Waals surface area contributed by atoms with Crippen LogP contribution in [0.2, 0.25) is 0 Å².